The molecule has 1 N–H and O–H groups in total. The van der Waals surface area contributed by atoms with E-state index in [2.05, 4.69) is 5.32 Å². The minimum absolute atomic E-state index is 0.0422. The van der Waals surface area contributed by atoms with Crippen molar-refractivity contribution in [2.75, 3.05) is 27.2 Å². The molecule has 0 atom stereocenters. The largest absolute Gasteiger partial charge is 0.352 e. The zero-order valence-electron chi connectivity index (χ0n) is 16.6. The van der Waals surface area contributed by atoms with Crippen LogP contribution in [-0.4, -0.2) is 54.7 Å². The van der Waals surface area contributed by atoms with E-state index in [4.69, 9.17) is 0 Å². The Balaban J connectivity index is 1.79. The first-order valence-corrected chi connectivity index (χ1v) is 10.3. The number of rotatable bonds is 9. The van der Waals surface area contributed by atoms with Crippen LogP contribution in [0.1, 0.15) is 46.0 Å². The lowest BCUT2D eigenvalue weighted by Gasteiger charge is -2.21. The number of hydrogen-bond acceptors (Lipinski definition) is 4. The molecule has 6 nitrogen and oxygen atoms in total. The van der Waals surface area contributed by atoms with Crippen molar-refractivity contribution in [1.29, 1.82) is 0 Å². The van der Waals surface area contributed by atoms with Gasteiger partial charge in [-0.3, -0.25) is 14.4 Å². The fourth-order valence-corrected chi connectivity index (χ4v) is 3.34. The smallest absolute Gasteiger partial charge is 0.253 e. The molecule has 0 fully saturated rings. The Kier molecular flexibility index (Phi) is 8.19. The van der Waals surface area contributed by atoms with Gasteiger partial charge in [-0.25, -0.2) is 0 Å². The summed E-state index contributed by atoms with van der Waals surface area (Å²) >= 11 is 1.48. The number of nitrogens with zero attached hydrogens (tertiary/aromatic N) is 2. The SMILES string of the molecule is CCN(Cc1ccc(C(=O)N(C)C)cc1)C(=O)CCCNC(=O)c1ccsc1. The summed E-state index contributed by atoms with van der Waals surface area (Å²) in [6, 6.07) is 9.12. The second-order valence-electron chi connectivity index (χ2n) is 6.68. The number of nitrogens with one attached hydrogen (secondary N) is 1. The monoisotopic (exact) mass is 401 g/mol. The van der Waals surface area contributed by atoms with Gasteiger partial charge in [0.1, 0.15) is 0 Å². The van der Waals surface area contributed by atoms with Crippen molar-refractivity contribution in [2.45, 2.75) is 26.3 Å². The van der Waals surface area contributed by atoms with Gasteiger partial charge < -0.3 is 15.1 Å². The van der Waals surface area contributed by atoms with Gasteiger partial charge in [-0.05, 0) is 42.5 Å². The molecule has 3 amide bonds. The molecule has 0 bridgehead atoms. The zero-order valence-corrected chi connectivity index (χ0v) is 17.4. The molecule has 0 saturated heterocycles. The summed E-state index contributed by atoms with van der Waals surface area (Å²) < 4.78 is 0. The highest BCUT2D eigenvalue weighted by molar-refractivity contribution is 7.08. The van der Waals surface area contributed by atoms with Gasteiger partial charge in [-0.15, -0.1) is 0 Å². The summed E-state index contributed by atoms with van der Waals surface area (Å²) in [7, 11) is 3.44. The van der Waals surface area contributed by atoms with Crippen LogP contribution in [0.15, 0.2) is 41.1 Å². The molecule has 7 heteroatoms. The molecule has 1 aromatic heterocycles. The van der Waals surface area contributed by atoms with Crippen LogP contribution in [0, 0.1) is 0 Å². The highest BCUT2D eigenvalue weighted by Crippen LogP contribution is 2.11. The van der Waals surface area contributed by atoms with Gasteiger partial charge in [-0.1, -0.05) is 12.1 Å². The lowest BCUT2D eigenvalue weighted by molar-refractivity contribution is -0.131. The van der Waals surface area contributed by atoms with E-state index in [1.165, 1.54) is 16.2 Å². The number of thiophene rings is 1. The second-order valence-corrected chi connectivity index (χ2v) is 7.46. The third kappa shape index (κ3) is 6.20. The van der Waals surface area contributed by atoms with Crippen LogP contribution >= 0.6 is 11.3 Å². The third-order valence-corrected chi connectivity index (χ3v) is 5.03. The molecule has 0 saturated carbocycles. The topological polar surface area (TPSA) is 69.7 Å². The van der Waals surface area contributed by atoms with Crippen molar-refractivity contribution >= 4 is 29.1 Å². The highest BCUT2D eigenvalue weighted by atomic mass is 32.1. The van der Waals surface area contributed by atoms with E-state index in [1.54, 1.807) is 42.6 Å². The number of amides is 3. The number of benzene rings is 1. The molecule has 0 unspecified atom stereocenters. The predicted octanol–water partition coefficient (Wildman–Crippen LogP) is 3.01. The number of carbonyl (C=O) groups is 3. The van der Waals surface area contributed by atoms with Crippen molar-refractivity contribution in [3.63, 3.8) is 0 Å². The Hall–Kier alpha value is -2.67. The van der Waals surface area contributed by atoms with Gasteiger partial charge in [0, 0.05) is 56.7 Å². The van der Waals surface area contributed by atoms with Crippen LogP contribution in [0.2, 0.25) is 0 Å². The van der Waals surface area contributed by atoms with Crippen molar-refractivity contribution in [3.8, 4) is 0 Å². The highest BCUT2D eigenvalue weighted by Gasteiger charge is 2.13. The van der Waals surface area contributed by atoms with Gasteiger partial charge in [0.25, 0.3) is 11.8 Å². The lowest BCUT2D eigenvalue weighted by atomic mass is 10.1. The van der Waals surface area contributed by atoms with Gasteiger partial charge in [0.15, 0.2) is 0 Å². The minimum atomic E-state index is -0.103. The number of carbonyl (C=O) groups excluding carboxylic acids is 3. The summed E-state index contributed by atoms with van der Waals surface area (Å²) in [5.41, 5.74) is 2.27. The molecule has 0 aliphatic heterocycles. The van der Waals surface area contributed by atoms with E-state index in [1.807, 2.05) is 24.4 Å². The average molecular weight is 402 g/mol. The predicted molar refractivity (Wildman–Crippen MR) is 111 cm³/mol. The van der Waals surface area contributed by atoms with Crippen molar-refractivity contribution in [3.05, 3.63) is 57.8 Å². The Morgan fingerprint density at radius 3 is 2.32 bits per heavy atom. The molecule has 150 valence electrons. The van der Waals surface area contributed by atoms with Crippen molar-refractivity contribution in [2.24, 2.45) is 0 Å². The molecular weight excluding hydrogens is 374 g/mol. The maximum atomic E-state index is 12.5. The van der Waals surface area contributed by atoms with Gasteiger partial charge >= 0.3 is 0 Å². The van der Waals surface area contributed by atoms with Crippen molar-refractivity contribution < 1.29 is 14.4 Å². The molecule has 0 aliphatic rings. The van der Waals surface area contributed by atoms with E-state index in [0.29, 0.717) is 43.6 Å². The van der Waals surface area contributed by atoms with Crippen LogP contribution in [0.3, 0.4) is 0 Å². The quantitative estimate of drug-likeness (QED) is 0.657. The maximum Gasteiger partial charge on any atom is 0.253 e. The van der Waals surface area contributed by atoms with Crippen LogP contribution in [0.5, 0.6) is 0 Å². The fourth-order valence-electron chi connectivity index (χ4n) is 2.70. The first-order valence-electron chi connectivity index (χ1n) is 9.31. The summed E-state index contributed by atoms with van der Waals surface area (Å²) in [6.07, 6.45) is 0.983. The van der Waals surface area contributed by atoms with Crippen LogP contribution < -0.4 is 5.32 Å². The molecule has 1 aromatic carbocycles. The Morgan fingerprint density at radius 1 is 1.04 bits per heavy atom. The summed E-state index contributed by atoms with van der Waals surface area (Å²) in [5.74, 6) is -0.0893. The summed E-state index contributed by atoms with van der Waals surface area (Å²) in [5, 5.41) is 6.50. The van der Waals surface area contributed by atoms with Gasteiger partial charge in [0.2, 0.25) is 5.91 Å². The van der Waals surface area contributed by atoms with E-state index in [-0.39, 0.29) is 17.7 Å². The summed E-state index contributed by atoms with van der Waals surface area (Å²) in [6.45, 7) is 3.53. The molecule has 2 rings (SSSR count). The normalized spacial score (nSPS) is 10.4. The van der Waals surface area contributed by atoms with Gasteiger partial charge in [0.05, 0.1) is 0 Å². The van der Waals surface area contributed by atoms with E-state index in [9.17, 15) is 14.4 Å². The van der Waals surface area contributed by atoms with E-state index >= 15 is 0 Å². The molecule has 0 spiro atoms. The average Bonchev–Trinajstić information content (AvgIpc) is 3.23. The van der Waals surface area contributed by atoms with E-state index < -0.39 is 0 Å². The third-order valence-electron chi connectivity index (χ3n) is 4.35. The maximum absolute atomic E-state index is 12.5. The Labute approximate surface area is 170 Å². The molecule has 1 heterocycles. The zero-order chi connectivity index (χ0) is 20.5. The molecule has 0 aliphatic carbocycles. The van der Waals surface area contributed by atoms with Crippen LogP contribution in [-0.2, 0) is 11.3 Å². The second kappa shape index (κ2) is 10.6. The standard InChI is InChI=1S/C21H27N3O3S/c1-4-24(14-16-7-9-17(10-8-16)21(27)23(2)3)19(25)6-5-12-22-20(26)18-11-13-28-15-18/h7-11,13,15H,4-6,12,14H2,1-3H3,(H,22,26). The Morgan fingerprint density at radius 2 is 1.75 bits per heavy atom. The minimum Gasteiger partial charge on any atom is -0.352 e. The molecular formula is C21H27N3O3S. The number of hydrogen-bond donors (Lipinski definition) is 1. The molecule has 2 aromatic rings. The van der Waals surface area contributed by atoms with Crippen molar-refractivity contribution in [1.82, 2.24) is 15.1 Å². The summed E-state index contributed by atoms with van der Waals surface area (Å²) in [4.78, 5) is 39.6. The van der Waals surface area contributed by atoms with Gasteiger partial charge in [-0.2, -0.15) is 11.3 Å². The molecule has 28 heavy (non-hydrogen) atoms. The van der Waals surface area contributed by atoms with Crippen LogP contribution in [0.4, 0.5) is 0 Å². The first kappa shape index (κ1) is 21.6. The fraction of sp³-hybridized carbons (Fsp3) is 0.381. The van der Waals surface area contributed by atoms with Crippen LogP contribution in [0.25, 0.3) is 0 Å². The lowest BCUT2D eigenvalue weighted by Crippen LogP contribution is -2.31. The first-order chi connectivity index (χ1) is 13.4. The molecule has 0 radical (unpaired) electrons. The van der Waals surface area contributed by atoms with E-state index in [0.717, 1.165) is 5.56 Å². The Bertz CT molecular complexity index is 786.